The molecule has 0 spiro atoms. The number of hydrogen-bond acceptors (Lipinski definition) is 2. The molecule has 0 unspecified atom stereocenters. The number of benzene rings is 3. The van der Waals surface area contributed by atoms with Crippen molar-refractivity contribution < 1.29 is 4.39 Å². The van der Waals surface area contributed by atoms with Gasteiger partial charge in [0.15, 0.2) is 0 Å². The van der Waals surface area contributed by atoms with Crippen LogP contribution in [0.5, 0.6) is 0 Å². The molecule has 0 aromatic heterocycles. The number of rotatable bonds is 5. The van der Waals surface area contributed by atoms with Gasteiger partial charge in [-0.25, -0.2) is 9.38 Å². The first-order chi connectivity index (χ1) is 13.0. The van der Waals surface area contributed by atoms with Crippen LogP contribution in [0.15, 0.2) is 93.7 Å². The Morgan fingerprint density at radius 2 is 1.70 bits per heavy atom. The zero-order valence-electron chi connectivity index (χ0n) is 15.1. The lowest BCUT2D eigenvalue weighted by atomic mass is 10.0. The largest absolute Gasteiger partial charge is 0.248 e. The second kappa shape index (κ2) is 9.03. The van der Waals surface area contributed by atoms with E-state index in [1.54, 1.807) is 12.1 Å². The van der Waals surface area contributed by atoms with Crippen LogP contribution < -0.4 is 0 Å². The first-order valence-corrected chi connectivity index (χ1v) is 9.78. The van der Waals surface area contributed by atoms with Gasteiger partial charge in [-0.05, 0) is 73.4 Å². The molecule has 0 aliphatic carbocycles. The molecular weight excluding hydrogens is 377 g/mol. The second-order valence-corrected chi connectivity index (χ2v) is 7.56. The summed E-state index contributed by atoms with van der Waals surface area (Å²) in [6.45, 7) is 4.07. The Morgan fingerprint density at radius 1 is 1.00 bits per heavy atom. The number of aryl methyl sites for hydroxylation is 1. The highest BCUT2D eigenvalue weighted by Gasteiger charge is 2.08. The van der Waals surface area contributed by atoms with Crippen molar-refractivity contribution in [3.63, 3.8) is 0 Å². The van der Waals surface area contributed by atoms with Gasteiger partial charge in [-0.1, -0.05) is 53.2 Å². The van der Waals surface area contributed by atoms with Crippen LogP contribution in [0.1, 0.15) is 18.1 Å². The van der Waals surface area contributed by atoms with Crippen molar-refractivity contribution in [1.82, 2.24) is 0 Å². The number of aliphatic imine (C=N–C) groups is 1. The zero-order valence-corrected chi connectivity index (χ0v) is 16.7. The molecule has 0 aliphatic heterocycles. The predicted molar refractivity (Wildman–Crippen MR) is 115 cm³/mol. The van der Waals surface area contributed by atoms with Gasteiger partial charge in [0.05, 0.1) is 11.4 Å². The fraction of sp³-hybridized carbons (Fsp3) is 0.0870. The van der Waals surface area contributed by atoms with Crippen LogP contribution in [0.25, 0.3) is 0 Å². The van der Waals surface area contributed by atoms with Gasteiger partial charge in [-0.2, -0.15) is 0 Å². The first kappa shape index (κ1) is 19.4. The highest BCUT2D eigenvalue weighted by Crippen LogP contribution is 2.25. The van der Waals surface area contributed by atoms with E-state index in [1.807, 2.05) is 60.9 Å². The molecule has 0 saturated carbocycles. The van der Waals surface area contributed by atoms with Gasteiger partial charge in [-0.15, -0.1) is 0 Å². The number of hydrogen-bond donors (Lipinski definition) is 0. The molecule has 0 heterocycles. The van der Waals surface area contributed by atoms with E-state index in [0.717, 1.165) is 27.4 Å². The van der Waals surface area contributed by atoms with E-state index < -0.39 is 0 Å². The van der Waals surface area contributed by atoms with E-state index in [0.29, 0.717) is 5.02 Å². The van der Waals surface area contributed by atoms with Crippen molar-refractivity contribution in [2.24, 2.45) is 4.99 Å². The number of halogens is 2. The highest BCUT2D eigenvalue weighted by molar-refractivity contribution is 8.02. The van der Waals surface area contributed by atoms with Crippen LogP contribution in [0.4, 0.5) is 10.1 Å². The number of nitrogens with zero attached hydrogens (tertiary/aromatic N) is 1. The van der Waals surface area contributed by atoms with Crippen molar-refractivity contribution in [1.29, 1.82) is 0 Å². The Balaban J connectivity index is 1.96. The van der Waals surface area contributed by atoms with Crippen molar-refractivity contribution >= 4 is 34.8 Å². The fourth-order valence-electron chi connectivity index (χ4n) is 2.49. The van der Waals surface area contributed by atoms with Crippen LogP contribution in [0.3, 0.4) is 0 Å². The standard InChI is InChI=1S/C23H19ClFNS/c1-16-6-10-21(11-7-16)26-23(18-4-3-5-19(24)14-18)17(2)15-27-22-12-8-20(25)9-13-22/h3-15H,1-2H3. The summed E-state index contributed by atoms with van der Waals surface area (Å²) in [5.74, 6) is -0.236. The number of allylic oxidation sites excluding steroid dienone is 1. The maximum absolute atomic E-state index is 13.1. The highest BCUT2D eigenvalue weighted by atomic mass is 35.5. The van der Waals surface area contributed by atoms with Crippen molar-refractivity contribution in [2.45, 2.75) is 18.7 Å². The minimum absolute atomic E-state index is 0.236. The molecule has 0 fully saturated rings. The van der Waals surface area contributed by atoms with Gasteiger partial charge < -0.3 is 0 Å². The summed E-state index contributed by atoms with van der Waals surface area (Å²) in [6, 6.07) is 22.2. The molecule has 3 aromatic rings. The molecule has 136 valence electrons. The van der Waals surface area contributed by atoms with Gasteiger partial charge in [0.25, 0.3) is 0 Å². The lowest BCUT2D eigenvalue weighted by molar-refractivity contribution is 0.626. The Hall–Kier alpha value is -2.36. The van der Waals surface area contributed by atoms with Gasteiger partial charge in [-0.3, -0.25) is 0 Å². The first-order valence-electron chi connectivity index (χ1n) is 8.52. The Kier molecular flexibility index (Phi) is 6.49. The minimum Gasteiger partial charge on any atom is -0.248 e. The van der Waals surface area contributed by atoms with Gasteiger partial charge >= 0.3 is 0 Å². The topological polar surface area (TPSA) is 12.4 Å². The molecule has 1 nitrogen and oxygen atoms in total. The van der Waals surface area contributed by atoms with E-state index in [1.165, 1.54) is 29.5 Å². The van der Waals surface area contributed by atoms with Crippen molar-refractivity contribution in [3.8, 4) is 0 Å². The maximum atomic E-state index is 13.1. The van der Waals surface area contributed by atoms with E-state index in [2.05, 4.69) is 6.92 Å². The molecule has 3 aromatic carbocycles. The molecule has 4 heteroatoms. The normalized spacial score (nSPS) is 12.3. The smallest absolute Gasteiger partial charge is 0.123 e. The lowest BCUT2D eigenvalue weighted by Gasteiger charge is -2.09. The Bertz CT molecular complexity index is 976. The van der Waals surface area contributed by atoms with E-state index in [-0.39, 0.29) is 5.82 Å². The maximum Gasteiger partial charge on any atom is 0.123 e. The van der Waals surface area contributed by atoms with Crippen molar-refractivity contribution in [3.05, 3.63) is 106 Å². The second-order valence-electron chi connectivity index (χ2n) is 6.18. The van der Waals surface area contributed by atoms with Crippen molar-refractivity contribution in [2.75, 3.05) is 0 Å². The van der Waals surface area contributed by atoms with E-state index in [4.69, 9.17) is 16.6 Å². The minimum atomic E-state index is -0.236. The summed E-state index contributed by atoms with van der Waals surface area (Å²) in [6.07, 6.45) is 0. The lowest BCUT2D eigenvalue weighted by Crippen LogP contribution is -2.02. The molecule has 0 amide bonds. The summed E-state index contributed by atoms with van der Waals surface area (Å²) in [5.41, 5.74) is 4.90. The van der Waals surface area contributed by atoms with E-state index >= 15 is 0 Å². The SMILES string of the molecule is CC(=CSc1ccc(F)cc1)C(=Nc1ccc(C)cc1)c1cccc(Cl)c1. The monoisotopic (exact) mass is 395 g/mol. The third kappa shape index (κ3) is 5.56. The molecule has 0 radical (unpaired) electrons. The van der Waals surface area contributed by atoms with Crippen LogP contribution >= 0.6 is 23.4 Å². The van der Waals surface area contributed by atoms with Crippen LogP contribution in [-0.2, 0) is 0 Å². The average Bonchev–Trinajstić information content (AvgIpc) is 2.67. The van der Waals surface area contributed by atoms with Crippen LogP contribution in [-0.4, -0.2) is 5.71 Å². The molecule has 0 N–H and O–H groups in total. The molecule has 0 atom stereocenters. The summed E-state index contributed by atoms with van der Waals surface area (Å²) in [4.78, 5) is 5.82. The van der Waals surface area contributed by atoms with E-state index in [9.17, 15) is 4.39 Å². The summed E-state index contributed by atoms with van der Waals surface area (Å²) >= 11 is 7.72. The third-order valence-corrected chi connectivity index (χ3v) is 5.18. The van der Waals surface area contributed by atoms with Gasteiger partial charge in [0, 0.05) is 15.5 Å². The molecule has 0 bridgehead atoms. The third-order valence-electron chi connectivity index (χ3n) is 3.93. The summed E-state index contributed by atoms with van der Waals surface area (Å²) < 4.78 is 13.1. The molecule has 3 rings (SSSR count). The van der Waals surface area contributed by atoms with Crippen LogP contribution in [0, 0.1) is 12.7 Å². The summed E-state index contributed by atoms with van der Waals surface area (Å²) in [7, 11) is 0. The van der Waals surface area contributed by atoms with Gasteiger partial charge in [0.1, 0.15) is 5.82 Å². The predicted octanol–water partition coefficient (Wildman–Crippen LogP) is 7.60. The average molecular weight is 396 g/mol. The summed E-state index contributed by atoms with van der Waals surface area (Å²) in [5, 5.41) is 2.70. The quantitative estimate of drug-likeness (QED) is 0.320. The molecular formula is C23H19ClFNS. The fourth-order valence-corrected chi connectivity index (χ4v) is 3.40. The Labute approximate surface area is 168 Å². The molecule has 0 aliphatic rings. The molecule has 27 heavy (non-hydrogen) atoms. The molecule has 0 saturated heterocycles. The zero-order chi connectivity index (χ0) is 19.2. The van der Waals surface area contributed by atoms with Gasteiger partial charge in [0.2, 0.25) is 0 Å². The number of thioether (sulfide) groups is 1. The Morgan fingerprint density at radius 3 is 2.37 bits per heavy atom. The van der Waals surface area contributed by atoms with Crippen LogP contribution in [0.2, 0.25) is 5.02 Å².